The summed E-state index contributed by atoms with van der Waals surface area (Å²) >= 11 is 0. The zero-order chi connectivity index (χ0) is 19.2. The van der Waals surface area contributed by atoms with E-state index in [1.165, 1.54) is 5.57 Å². The molecular formula is C24H29NO. The maximum atomic E-state index is 13.4. The highest BCUT2D eigenvalue weighted by molar-refractivity contribution is 5.98. The van der Waals surface area contributed by atoms with Crippen molar-refractivity contribution in [2.24, 2.45) is 10.8 Å². The van der Waals surface area contributed by atoms with Gasteiger partial charge in [0.05, 0.1) is 5.41 Å². The largest absolute Gasteiger partial charge is 0.358 e. The number of benzene rings is 2. The van der Waals surface area contributed by atoms with Crippen molar-refractivity contribution in [3.63, 3.8) is 0 Å². The predicted octanol–water partition coefficient (Wildman–Crippen LogP) is 5.35. The third-order valence-corrected chi connectivity index (χ3v) is 6.51. The van der Waals surface area contributed by atoms with E-state index in [0.717, 1.165) is 16.7 Å². The molecule has 2 nitrogen and oxygen atoms in total. The minimum absolute atomic E-state index is 0.0888. The van der Waals surface area contributed by atoms with Gasteiger partial charge in [-0.3, -0.25) is 4.79 Å². The molecule has 1 saturated carbocycles. The van der Waals surface area contributed by atoms with Crippen LogP contribution in [0.4, 0.5) is 0 Å². The molecule has 26 heavy (non-hydrogen) atoms. The Morgan fingerprint density at radius 3 is 2.08 bits per heavy atom. The Morgan fingerprint density at radius 1 is 0.923 bits per heavy atom. The zero-order valence-corrected chi connectivity index (χ0v) is 16.7. The van der Waals surface area contributed by atoms with E-state index < -0.39 is 5.41 Å². The molecule has 2 aromatic carbocycles. The highest BCUT2D eigenvalue weighted by atomic mass is 16.2. The normalized spacial score (nSPS) is 26.1. The lowest BCUT2D eigenvalue weighted by Gasteiger charge is -2.24. The molecule has 0 saturated heterocycles. The molecule has 0 aliphatic heterocycles. The van der Waals surface area contributed by atoms with Crippen molar-refractivity contribution >= 4 is 5.91 Å². The van der Waals surface area contributed by atoms with E-state index in [0.29, 0.717) is 0 Å². The summed E-state index contributed by atoms with van der Waals surface area (Å²) in [7, 11) is 1.74. The molecule has 136 valence electrons. The molecular weight excluding hydrogens is 318 g/mol. The van der Waals surface area contributed by atoms with Crippen molar-refractivity contribution in [3.8, 4) is 11.1 Å². The fraction of sp³-hybridized carbons (Fsp3) is 0.375. The number of allylic oxidation sites excluding steroid dienone is 2. The second-order valence-electron chi connectivity index (χ2n) is 8.29. The van der Waals surface area contributed by atoms with Crippen molar-refractivity contribution < 1.29 is 4.79 Å². The number of nitrogens with one attached hydrogen (secondary N) is 1. The molecule has 0 radical (unpaired) electrons. The van der Waals surface area contributed by atoms with Crippen LogP contribution in [0, 0.1) is 10.8 Å². The van der Waals surface area contributed by atoms with Crippen molar-refractivity contribution in [1.82, 2.24) is 5.32 Å². The molecule has 1 aliphatic rings. The molecule has 0 heterocycles. The summed E-state index contributed by atoms with van der Waals surface area (Å²) in [6.45, 7) is 10.9. The first-order valence-electron chi connectivity index (χ1n) is 9.27. The third-order valence-electron chi connectivity index (χ3n) is 6.51. The summed E-state index contributed by atoms with van der Waals surface area (Å²) in [5, 5.41) is 2.96. The monoisotopic (exact) mass is 347 g/mol. The third kappa shape index (κ3) is 2.21. The quantitative estimate of drug-likeness (QED) is 0.742. The highest BCUT2D eigenvalue weighted by Gasteiger charge is 2.83. The maximum Gasteiger partial charge on any atom is 0.231 e. The van der Waals surface area contributed by atoms with Gasteiger partial charge < -0.3 is 5.32 Å². The molecule has 2 unspecified atom stereocenters. The molecule has 0 aromatic heterocycles. The van der Waals surface area contributed by atoms with Gasteiger partial charge in [-0.15, -0.1) is 0 Å². The molecule has 1 aliphatic carbocycles. The van der Waals surface area contributed by atoms with Crippen LogP contribution in [0.3, 0.4) is 0 Å². The van der Waals surface area contributed by atoms with E-state index in [9.17, 15) is 4.79 Å². The molecule has 1 fully saturated rings. The van der Waals surface area contributed by atoms with Crippen LogP contribution in [0.5, 0.6) is 0 Å². The Hall–Kier alpha value is -2.35. The van der Waals surface area contributed by atoms with Crippen molar-refractivity contribution in [1.29, 1.82) is 0 Å². The van der Waals surface area contributed by atoms with Gasteiger partial charge in [0.2, 0.25) is 5.91 Å². The van der Waals surface area contributed by atoms with E-state index in [4.69, 9.17) is 0 Å². The maximum absolute atomic E-state index is 13.4. The highest BCUT2D eigenvalue weighted by Crippen LogP contribution is 2.79. The fourth-order valence-corrected chi connectivity index (χ4v) is 5.12. The summed E-state index contributed by atoms with van der Waals surface area (Å²) in [6, 6.07) is 18.7. The summed E-state index contributed by atoms with van der Waals surface area (Å²) in [5.41, 5.74) is 3.59. The number of rotatable bonds is 4. The number of carbonyl (C=O) groups excluding carboxylic acids is 1. The minimum Gasteiger partial charge on any atom is -0.358 e. The van der Waals surface area contributed by atoms with Crippen LogP contribution in [-0.4, -0.2) is 13.0 Å². The van der Waals surface area contributed by atoms with Gasteiger partial charge in [-0.2, -0.15) is 0 Å². The number of hydrogen-bond acceptors (Lipinski definition) is 1. The number of carbonyl (C=O) groups is 1. The summed E-state index contributed by atoms with van der Waals surface area (Å²) in [4.78, 5) is 13.4. The predicted molar refractivity (Wildman–Crippen MR) is 109 cm³/mol. The fourth-order valence-electron chi connectivity index (χ4n) is 5.12. The number of hydrogen-bond donors (Lipinski definition) is 1. The lowest BCUT2D eigenvalue weighted by Crippen LogP contribution is -2.38. The van der Waals surface area contributed by atoms with Gasteiger partial charge in [0.25, 0.3) is 0 Å². The molecule has 1 N–H and O–H groups in total. The Labute approximate surface area is 157 Å². The Kier molecular flexibility index (Phi) is 4.34. The molecule has 1 amide bonds. The topological polar surface area (TPSA) is 29.1 Å². The first kappa shape index (κ1) is 18.4. The standard InChI is InChI=1S/C24H29NO/c1-17(2)16-23(5)22(3,4)24(23,21(26)25-6)20-15-11-10-14-19(20)18-12-8-7-9-13-18/h7-16H,1-6H3,(H,25,26). The average Bonchev–Trinajstić information content (AvgIpc) is 3.01. The van der Waals surface area contributed by atoms with Crippen LogP contribution in [-0.2, 0) is 10.2 Å². The van der Waals surface area contributed by atoms with Gasteiger partial charge in [0, 0.05) is 12.5 Å². The molecule has 0 spiro atoms. The van der Waals surface area contributed by atoms with Gasteiger partial charge in [-0.05, 0) is 36.0 Å². The van der Waals surface area contributed by atoms with Crippen LogP contribution < -0.4 is 5.32 Å². The van der Waals surface area contributed by atoms with Crippen LogP contribution in [0.2, 0.25) is 0 Å². The molecule has 3 rings (SSSR count). The van der Waals surface area contributed by atoms with E-state index in [2.05, 4.69) is 76.3 Å². The van der Waals surface area contributed by atoms with E-state index in [-0.39, 0.29) is 16.7 Å². The lowest BCUT2D eigenvalue weighted by molar-refractivity contribution is -0.124. The minimum atomic E-state index is -0.599. The smallest absolute Gasteiger partial charge is 0.231 e. The van der Waals surface area contributed by atoms with E-state index in [1.54, 1.807) is 7.05 Å². The molecule has 2 heteroatoms. The zero-order valence-electron chi connectivity index (χ0n) is 16.7. The summed E-state index contributed by atoms with van der Waals surface area (Å²) in [5.74, 6) is 0.0888. The van der Waals surface area contributed by atoms with Crippen molar-refractivity contribution in [2.75, 3.05) is 7.05 Å². The van der Waals surface area contributed by atoms with Crippen molar-refractivity contribution in [3.05, 3.63) is 71.8 Å². The first-order valence-corrected chi connectivity index (χ1v) is 9.27. The van der Waals surface area contributed by atoms with Crippen LogP contribution >= 0.6 is 0 Å². The van der Waals surface area contributed by atoms with Gasteiger partial charge in [0.1, 0.15) is 0 Å². The van der Waals surface area contributed by atoms with Crippen LogP contribution in [0.1, 0.15) is 40.2 Å². The Morgan fingerprint density at radius 2 is 1.50 bits per heavy atom. The van der Waals surface area contributed by atoms with E-state index >= 15 is 0 Å². The molecule has 2 atom stereocenters. The van der Waals surface area contributed by atoms with Crippen molar-refractivity contribution in [2.45, 2.75) is 40.0 Å². The molecule has 2 aromatic rings. The second-order valence-corrected chi connectivity index (χ2v) is 8.29. The number of amides is 1. The molecule has 0 bridgehead atoms. The summed E-state index contributed by atoms with van der Waals surface area (Å²) < 4.78 is 0. The average molecular weight is 348 g/mol. The number of likely N-dealkylation sites (N-methyl/N-ethyl adjacent to an activating group) is 1. The van der Waals surface area contributed by atoms with Gasteiger partial charge >= 0.3 is 0 Å². The Balaban J connectivity index is 2.33. The van der Waals surface area contributed by atoms with Crippen LogP contribution in [0.15, 0.2) is 66.2 Å². The first-order chi connectivity index (χ1) is 12.2. The summed E-state index contributed by atoms with van der Waals surface area (Å²) in [6.07, 6.45) is 2.28. The van der Waals surface area contributed by atoms with Gasteiger partial charge in [0.15, 0.2) is 0 Å². The Bertz CT molecular complexity index is 861. The van der Waals surface area contributed by atoms with Gasteiger partial charge in [-0.1, -0.05) is 87.0 Å². The second kappa shape index (κ2) is 6.12. The van der Waals surface area contributed by atoms with Crippen LogP contribution in [0.25, 0.3) is 11.1 Å². The lowest BCUT2D eigenvalue weighted by atomic mass is 9.80. The SMILES string of the molecule is CNC(=O)C1(c2ccccc2-c2ccccc2)C(C)(C)C1(C)C=C(C)C. The van der Waals surface area contributed by atoms with E-state index in [1.807, 2.05) is 24.3 Å². The van der Waals surface area contributed by atoms with Gasteiger partial charge in [-0.25, -0.2) is 0 Å².